The van der Waals surface area contributed by atoms with Gasteiger partial charge in [0.2, 0.25) is 0 Å². The number of aliphatic hydroxyl groups is 1. The molecule has 0 aliphatic heterocycles. The zero-order valence-electron chi connectivity index (χ0n) is 9.50. The van der Waals surface area contributed by atoms with Gasteiger partial charge in [0.1, 0.15) is 12.4 Å². The van der Waals surface area contributed by atoms with Gasteiger partial charge in [-0.2, -0.15) is 8.78 Å². The molecule has 0 saturated carbocycles. The molecule has 89 valence electrons. The van der Waals surface area contributed by atoms with Crippen LogP contribution >= 0.6 is 0 Å². The van der Waals surface area contributed by atoms with Gasteiger partial charge in [0.25, 0.3) is 0 Å². The molecule has 0 amide bonds. The predicted octanol–water partition coefficient (Wildman–Crippen LogP) is 3.47. The normalized spacial score (nSPS) is 11.9. The van der Waals surface area contributed by atoms with Gasteiger partial charge in [0.05, 0.1) is 0 Å². The van der Waals surface area contributed by atoms with Crippen molar-refractivity contribution in [1.29, 1.82) is 0 Å². The molecular formula is C12H15F2O2. The Balaban J connectivity index is 3.11. The highest BCUT2D eigenvalue weighted by Gasteiger charge is 2.16. The minimum atomic E-state index is -2.86. The standard InChI is InChI=1S/C12H15F2O2/c1-12(2,3)9-4-8(7-15)5-10(6-9)16-11(13)14/h4-7,11,15H,1-3H3. The maximum Gasteiger partial charge on any atom is 0.387 e. The van der Waals surface area contributed by atoms with Crippen molar-refractivity contribution in [3.8, 4) is 5.75 Å². The van der Waals surface area contributed by atoms with E-state index in [9.17, 15) is 8.78 Å². The van der Waals surface area contributed by atoms with Gasteiger partial charge in [0.15, 0.2) is 0 Å². The summed E-state index contributed by atoms with van der Waals surface area (Å²) in [4.78, 5) is 0. The molecule has 0 saturated heterocycles. The Morgan fingerprint density at radius 2 is 1.88 bits per heavy atom. The monoisotopic (exact) mass is 229 g/mol. The van der Waals surface area contributed by atoms with E-state index >= 15 is 0 Å². The van der Waals surface area contributed by atoms with Crippen LogP contribution in [0.3, 0.4) is 0 Å². The van der Waals surface area contributed by atoms with E-state index in [-0.39, 0.29) is 11.2 Å². The number of halogens is 2. The summed E-state index contributed by atoms with van der Waals surface area (Å²) in [6, 6.07) is 4.65. The number of hydrogen-bond acceptors (Lipinski definition) is 2. The Morgan fingerprint density at radius 1 is 1.25 bits per heavy atom. The van der Waals surface area contributed by atoms with Crippen molar-refractivity contribution in [2.24, 2.45) is 0 Å². The van der Waals surface area contributed by atoms with Crippen LogP contribution in [0.5, 0.6) is 5.75 Å². The molecule has 0 spiro atoms. The quantitative estimate of drug-likeness (QED) is 0.859. The lowest BCUT2D eigenvalue weighted by atomic mass is 9.86. The van der Waals surface area contributed by atoms with E-state index in [4.69, 9.17) is 5.11 Å². The molecule has 1 N–H and O–H groups in total. The van der Waals surface area contributed by atoms with Crippen LogP contribution in [0.15, 0.2) is 18.2 Å². The van der Waals surface area contributed by atoms with Crippen molar-refractivity contribution in [3.05, 3.63) is 35.9 Å². The van der Waals surface area contributed by atoms with Crippen LogP contribution in [-0.2, 0) is 5.41 Å². The molecular weight excluding hydrogens is 214 g/mol. The SMILES string of the molecule is CC(C)(C)c1cc([CH]O)cc(OC(F)F)c1. The maximum absolute atomic E-state index is 12.1. The summed E-state index contributed by atoms with van der Waals surface area (Å²) in [7, 11) is 0. The third-order valence-electron chi connectivity index (χ3n) is 2.17. The van der Waals surface area contributed by atoms with Gasteiger partial charge in [-0.25, -0.2) is 0 Å². The van der Waals surface area contributed by atoms with Gasteiger partial charge in [-0.3, -0.25) is 0 Å². The number of aliphatic hydroxyl groups excluding tert-OH is 1. The fourth-order valence-corrected chi connectivity index (χ4v) is 1.30. The van der Waals surface area contributed by atoms with Crippen molar-refractivity contribution < 1.29 is 18.6 Å². The Hall–Kier alpha value is -1.16. The minimum Gasteiger partial charge on any atom is -0.435 e. The molecule has 1 aromatic rings. The molecule has 4 heteroatoms. The van der Waals surface area contributed by atoms with Crippen LogP contribution in [0.4, 0.5) is 8.78 Å². The van der Waals surface area contributed by atoms with Crippen LogP contribution in [0.2, 0.25) is 0 Å². The summed E-state index contributed by atoms with van der Waals surface area (Å²) in [6.45, 7) is 3.87. The molecule has 1 rings (SSSR count). The molecule has 0 fully saturated rings. The highest BCUT2D eigenvalue weighted by molar-refractivity contribution is 5.39. The van der Waals surface area contributed by atoms with Gasteiger partial charge in [0, 0.05) is 0 Å². The summed E-state index contributed by atoms with van der Waals surface area (Å²) in [5.41, 5.74) is 1.08. The first kappa shape index (κ1) is 12.9. The van der Waals surface area contributed by atoms with E-state index in [1.165, 1.54) is 6.07 Å². The topological polar surface area (TPSA) is 29.5 Å². The molecule has 0 heterocycles. The maximum atomic E-state index is 12.1. The van der Waals surface area contributed by atoms with Gasteiger partial charge in [-0.05, 0) is 28.7 Å². The second kappa shape index (κ2) is 4.78. The van der Waals surface area contributed by atoms with Crippen LogP contribution in [0, 0.1) is 6.61 Å². The lowest BCUT2D eigenvalue weighted by Gasteiger charge is -2.20. The fourth-order valence-electron chi connectivity index (χ4n) is 1.30. The Bertz CT molecular complexity index is 357. The first-order valence-electron chi connectivity index (χ1n) is 4.91. The van der Waals surface area contributed by atoms with Gasteiger partial charge in [-0.15, -0.1) is 0 Å². The zero-order valence-corrected chi connectivity index (χ0v) is 9.50. The van der Waals surface area contributed by atoms with E-state index in [1.807, 2.05) is 20.8 Å². The van der Waals surface area contributed by atoms with E-state index < -0.39 is 6.61 Å². The molecule has 2 nitrogen and oxygen atoms in total. The molecule has 1 aromatic carbocycles. The molecule has 0 aliphatic carbocycles. The van der Waals surface area contributed by atoms with E-state index in [0.717, 1.165) is 12.2 Å². The van der Waals surface area contributed by atoms with Crippen LogP contribution in [0.25, 0.3) is 0 Å². The molecule has 0 unspecified atom stereocenters. The number of hydrogen-bond donors (Lipinski definition) is 1. The second-order valence-electron chi connectivity index (χ2n) is 4.55. The molecule has 0 atom stereocenters. The number of alkyl halides is 2. The first-order chi connectivity index (χ1) is 7.32. The number of benzene rings is 1. The first-order valence-corrected chi connectivity index (χ1v) is 4.91. The van der Waals surface area contributed by atoms with E-state index in [0.29, 0.717) is 5.56 Å². The molecule has 0 bridgehead atoms. The second-order valence-corrected chi connectivity index (χ2v) is 4.55. The van der Waals surface area contributed by atoms with Crippen molar-refractivity contribution in [3.63, 3.8) is 0 Å². The number of ether oxygens (including phenoxy) is 1. The molecule has 0 aliphatic rings. The van der Waals surface area contributed by atoms with Gasteiger partial charge < -0.3 is 9.84 Å². The summed E-state index contributed by atoms with van der Waals surface area (Å²) < 4.78 is 28.5. The summed E-state index contributed by atoms with van der Waals surface area (Å²) in [5.74, 6) is 0.0581. The van der Waals surface area contributed by atoms with Gasteiger partial charge >= 0.3 is 6.61 Å². The average Bonchev–Trinajstić information content (AvgIpc) is 2.14. The lowest BCUT2D eigenvalue weighted by molar-refractivity contribution is -0.0499. The van der Waals surface area contributed by atoms with Crippen LogP contribution < -0.4 is 4.74 Å². The Kier molecular flexibility index (Phi) is 3.86. The summed E-state index contributed by atoms with van der Waals surface area (Å²) >= 11 is 0. The fraction of sp³-hybridized carbons (Fsp3) is 0.417. The van der Waals surface area contributed by atoms with Crippen molar-refractivity contribution in [2.45, 2.75) is 32.8 Å². The third-order valence-corrected chi connectivity index (χ3v) is 2.17. The van der Waals surface area contributed by atoms with Crippen molar-refractivity contribution in [2.75, 3.05) is 0 Å². The smallest absolute Gasteiger partial charge is 0.387 e. The Morgan fingerprint density at radius 3 is 2.31 bits per heavy atom. The lowest BCUT2D eigenvalue weighted by Crippen LogP contribution is -2.12. The molecule has 16 heavy (non-hydrogen) atoms. The van der Waals surface area contributed by atoms with E-state index in [1.54, 1.807) is 12.1 Å². The van der Waals surface area contributed by atoms with Crippen LogP contribution in [0.1, 0.15) is 31.9 Å². The Labute approximate surface area is 93.9 Å². The van der Waals surface area contributed by atoms with Crippen molar-refractivity contribution in [1.82, 2.24) is 0 Å². The molecule has 0 aromatic heterocycles. The summed E-state index contributed by atoms with van der Waals surface area (Å²) in [6.07, 6.45) is 0. The predicted molar refractivity (Wildman–Crippen MR) is 57.1 cm³/mol. The minimum absolute atomic E-state index is 0.0581. The number of rotatable bonds is 3. The van der Waals surface area contributed by atoms with Gasteiger partial charge in [-0.1, -0.05) is 26.8 Å². The van der Waals surface area contributed by atoms with Crippen LogP contribution in [-0.4, -0.2) is 11.7 Å². The third kappa shape index (κ3) is 3.45. The largest absolute Gasteiger partial charge is 0.435 e. The van der Waals surface area contributed by atoms with Crippen molar-refractivity contribution >= 4 is 0 Å². The molecule has 1 radical (unpaired) electrons. The van der Waals surface area contributed by atoms with E-state index in [2.05, 4.69) is 4.74 Å². The highest BCUT2D eigenvalue weighted by Crippen LogP contribution is 2.28. The zero-order chi connectivity index (χ0) is 12.3. The summed E-state index contributed by atoms with van der Waals surface area (Å²) in [5, 5.41) is 8.92. The average molecular weight is 229 g/mol. The highest BCUT2D eigenvalue weighted by atomic mass is 19.3.